The molecule has 2 heterocycles. The number of nitrogens with two attached hydrogens (primary N) is 2. The third-order valence-corrected chi connectivity index (χ3v) is 6.01. The van der Waals surface area contributed by atoms with Crippen LogP contribution in [0.5, 0.6) is 0 Å². The van der Waals surface area contributed by atoms with Gasteiger partial charge in [0.15, 0.2) is 11.5 Å². The molecular formula is C25H30N8O9. The number of hydrogen-bond donors (Lipinski definition) is 7. The van der Waals surface area contributed by atoms with Crippen LogP contribution >= 0.6 is 0 Å². The van der Waals surface area contributed by atoms with E-state index in [1.807, 2.05) is 0 Å². The first-order valence-corrected chi connectivity index (χ1v) is 12.6. The zero-order valence-electron chi connectivity index (χ0n) is 22.5. The molecule has 0 unspecified atom stereocenters. The minimum absolute atomic E-state index is 0.00534. The molecule has 17 nitrogen and oxygen atoms in total. The summed E-state index contributed by atoms with van der Waals surface area (Å²) in [5.41, 5.74) is 12.1. The zero-order valence-corrected chi connectivity index (χ0v) is 22.5. The number of carbonyl (C=O) groups is 5. The number of H-pyrrole nitrogens is 1. The van der Waals surface area contributed by atoms with Crippen LogP contribution in [0.3, 0.4) is 0 Å². The van der Waals surface area contributed by atoms with E-state index in [1.54, 1.807) is 24.1 Å². The number of amides is 1. The van der Waals surface area contributed by atoms with E-state index < -0.39 is 60.3 Å². The summed E-state index contributed by atoms with van der Waals surface area (Å²) in [7, 11) is 1.74. The Kier molecular flexibility index (Phi) is 10.3. The Bertz CT molecular complexity index is 1450. The van der Waals surface area contributed by atoms with Gasteiger partial charge in [-0.05, 0) is 37.1 Å². The Balaban J connectivity index is 1.60. The molecule has 0 radical (unpaired) electrons. The number of benzene rings is 1. The normalized spacial score (nSPS) is 13.7. The number of carboxylic acid groups (broad SMARTS) is 2. The van der Waals surface area contributed by atoms with Crippen LogP contribution in [0.1, 0.15) is 36.0 Å². The number of anilines is 3. The van der Waals surface area contributed by atoms with E-state index in [0.717, 1.165) is 0 Å². The zero-order chi connectivity index (χ0) is 31.0. The molecule has 224 valence electrons. The monoisotopic (exact) mass is 586 g/mol. The first-order chi connectivity index (χ1) is 19.8. The van der Waals surface area contributed by atoms with Gasteiger partial charge in [0.1, 0.15) is 6.04 Å². The fraction of sp³-hybridized carbons (Fsp3) is 0.360. The van der Waals surface area contributed by atoms with Crippen molar-refractivity contribution >= 4 is 58.6 Å². The number of rotatable bonds is 13. The Morgan fingerprint density at radius 3 is 2.38 bits per heavy atom. The number of aromatic amines is 1. The SMILES string of the molecule is CN1CC(CNc2ccc(C(=O)OC(=O)[C@H](CCC(=O)O)NC(=O)[C@@H](N)CCC(=O)O)cc2)=Nc2c1nc(N)[nH]c2=O. The van der Waals surface area contributed by atoms with Gasteiger partial charge in [-0.25, -0.2) is 14.6 Å². The van der Waals surface area contributed by atoms with Crippen LogP contribution in [-0.4, -0.2) is 87.9 Å². The number of aromatic nitrogens is 2. The molecule has 1 aliphatic heterocycles. The van der Waals surface area contributed by atoms with Crippen molar-refractivity contribution in [2.45, 2.75) is 37.8 Å². The number of nitrogen functional groups attached to an aromatic ring is 1. The first kappa shape index (κ1) is 31.2. The first-order valence-electron chi connectivity index (χ1n) is 12.6. The summed E-state index contributed by atoms with van der Waals surface area (Å²) < 4.78 is 4.86. The van der Waals surface area contributed by atoms with E-state index >= 15 is 0 Å². The molecule has 0 fully saturated rings. The van der Waals surface area contributed by atoms with Gasteiger partial charge in [0.05, 0.1) is 30.4 Å². The number of fused-ring (bicyclic) bond motifs is 1. The van der Waals surface area contributed by atoms with Crippen molar-refractivity contribution in [1.82, 2.24) is 15.3 Å². The lowest BCUT2D eigenvalue weighted by Crippen LogP contribution is -2.49. The number of carboxylic acids is 2. The Morgan fingerprint density at radius 1 is 1.10 bits per heavy atom. The fourth-order valence-electron chi connectivity index (χ4n) is 3.83. The molecule has 42 heavy (non-hydrogen) atoms. The largest absolute Gasteiger partial charge is 0.481 e. The average molecular weight is 587 g/mol. The van der Waals surface area contributed by atoms with Crippen molar-refractivity contribution in [2.75, 3.05) is 36.1 Å². The highest BCUT2D eigenvalue weighted by Gasteiger charge is 2.28. The summed E-state index contributed by atoms with van der Waals surface area (Å²) in [6, 6.07) is 3.07. The van der Waals surface area contributed by atoms with Crippen molar-refractivity contribution in [3.63, 3.8) is 0 Å². The molecule has 0 saturated carbocycles. The van der Waals surface area contributed by atoms with E-state index in [2.05, 4.69) is 25.6 Å². The quantitative estimate of drug-likeness (QED) is 0.112. The topological polar surface area (TPSA) is 272 Å². The third-order valence-electron chi connectivity index (χ3n) is 6.01. The summed E-state index contributed by atoms with van der Waals surface area (Å²) in [6.07, 6.45) is -1.53. The number of carbonyl (C=O) groups excluding carboxylic acids is 3. The molecule has 0 bridgehead atoms. The van der Waals surface area contributed by atoms with Gasteiger partial charge in [-0.3, -0.25) is 24.2 Å². The van der Waals surface area contributed by atoms with Gasteiger partial charge in [0.25, 0.3) is 5.56 Å². The van der Waals surface area contributed by atoms with Gasteiger partial charge in [-0.15, -0.1) is 0 Å². The second kappa shape index (κ2) is 13.8. The molecule has 9 N–H and O–H groups in total. The molecule has 2 aromatic rings. The molecular weight excluding hydrogens is 556 g/mol. The standard InChI is InChI=1S/C25H30N8O9/c1-33-11-14(29-19-20(33)31-25(27)32-22(19)39)10-28-13-4-2-12(3-5-13)23(40)42-24(41)16(7-9-18(36)37)30-21(38)15(26)6-8-17(34)35/h2-5,15-16,28H,6-11,26H2,1H3,(H,30,38)(H,34,35)(H,36,37)(H3,27,31,32,39)/t15-,16-/m0/s1. The van der Waals surface area contributed by atoms with Crippen LogP contribution in [0, 0.1) is 0 Å². The molecule has 2 atom stereocenters. The Hall–Kier alpha value is -5.32. The van der Waals surface area contributed by atoms with Crippen molar-refractivity contribution in [3.05, 3.63) is 40.2 Å². The summed E-state index contributed by atoms with van der Waals surface area (Å²) in [5.74, 6) is -5.22. The molecule has 17 heteroatoms. The summed E-state index contributed by atoms with van der Waals surface area (Å²) in [5, 5.41) is 23.0. The van der Waals surface area contributed by atoms with Gasteiger partial charge in [0.2, 0.25) is 11.9 Å². The third kappa shape index (κ3) is 8.59. The minimum atomic E-state index is -1.51. The molecule has 1 aliphatic rings. The molecule has 0 spiro atoms. The second-order valence-corrected chi connectivity index (χ2v) is 9.33. The highest BCUT2D eigenvalue weighted by atomic mass is 16.6. The molecule has 0 aliphatic carbocycles. The smallest absolute Gasteiger partial charge is 0.345 e. The van der Waals surface area contributed by atoms with Crippen molar-refractivity contribution < 1.29 is 38.9 Å². The maximum Gasteiger partial charge on any atom is 0.345 e. The van der Waals surface area contributed by atoms with E-state index in [-0.39, 0.29) is 36.6 Å². The molecule has 1 aromatic carbocycles. The lowest BCUT2D eigenvalue weighted by molar-refractivity contribution is -0.144. The van der Waals surface area contributed by atoms with Crippen LogP contribution in [0.25, 0.3) is 0 Å². The maximum absolute atomic E-state index is 12.6. The molecule has 0 saturated heterocycles. The van der Waals surface area contributed by atoms with Crippen LogP contribution in [-0.2, 0) is 23.9 Å². The number of nitrogens with zero attached hydrogens (tertiary/aromatic N) is 3. The number of aliphatic carboxylic acids is 2. The highest BCUT2D eigenvalue weighted by molar-refractivity contribution is 6.00. The second-order valence-electron chi connectivity index (χ2n) is 9.33. The lowest BCUT2D eigenvalue weighted by Gasteiger charge is -2.25. The van der Waals surface area contributed by atoms with Gasteiger partial charge in [0, 0.05) is 25.6 Å². The predicted molar refractivity (Wildman–Crippen MR) is 149 cm³/mol. The number of nitrogens with one attached hydrogen (secondary N) is 3. The number of ether oxygens (including phenoxy) is 1. The van der Waals surface area contributed by atoms with E-state index in [4.69, 9.17) is 26.4 Å². The maximum atomic E-state index is 12.6. The van der Waals surface area contributed by atoms with Crippen molar-refractivity contribution in [3.8, 4) is 0 Å². The number of hydrogen-bond acceptors (Lipinski definition) is 13. The van der Waals surface area contributed by atoms with Crippen molar-refractivity contribution in [1.29, 1.82) is 0 Å². The minimum Gasteiger partial charge on any atom is -0.481 e. The number of esters is 2. The van der Waals surface area contributed by atoms with Crippen LogP contribution in [0.15, 0.2) is 34.1 Å². The molecule has 3 rings (SSSR count). The molecule has 1 aromatic heterocycles. The summed E-state index contributed by atoms with van der Waals surface area (Å²) >= 11 is 0. The van der Waals surface area contributed by atoms with Gasteiger partial charge in [-0.2, -0.15) is 4.98 Å². The predicted octanol–water partition coefficient (Wildman–Crippen LogP) is -0.788. The van der Waals surface area contributed by atoms with Gasteiger partial charge in [-0.1, -0.05) is 0 Å². The van der Waals surface area contributed by atoms with Crippen LogP contribution < -0.4 is 32.6 Å². The Morgan fingerprint density at radius 2 is 1.74 bits per heavy atom. The lowest BCUT2D eigenvalue weighted by atomic mass is 10.1. The van der Waals surface area contributed by atoms with E-state index in [9.17, 15) is 28.8 Å². The van der Waals surface area contributed by atoms with E-state index in [0.29, 0.717) is 23.8 Å². The van der Waals surface area contributed by atoms with Gasteiger partial charge < -0.3 is 42.0 Å². The summed E-state index contributed by atoms with van der Waals surface area (Å²) in [4.78, 5) is 83.9. The molecule has 1 amide bonds. The average Bonchev–Trinajstić information content (AvgIpc) is 2.93. The van der Waals surface area contributed by atoms with Crippen LogP contribution in [0.4, 0.5) is 23.1 Å². The van der Waals surface area contributed by atoms with Gasteiger partial charge >= 0.3 is 23.9 Å². The highest BCUT2D eigenvalue weighted by Crippen LogP contribution is 2.25. The summed E-state index contributed by atoms with van der Waals surface area (Å²) in [6.45, 7) is 0.641. The number of aliphatic imine (C=N–C) groups is 1. The Labute approximate surface area is 238 Å². The van der Waals surface area contributed by atoms with E-state index in [1.165, 1.54) is 12.1 Å². The van der Waals surface area contributed by atoms with Crippen molar-refractivity contribution in [2.24, 2.45) is 10.7 Å². The fourth-order valence-corrected chi connectivity index (χ4v) is 3.83. The van der Waals surface area contributed by atoms with Crippen LogP contribution in [0.2, 0.25) is 0 Å².